The number of anilines is 1. The zero-order chi connectivity index (χ0) is 16.9. The molecule has 1 amide bonds. The molecule has 1 aromatic rings. The van der Waals surface area contributed by atoms with Gasteiger partial charge in [-0.1, -0.05) is 31.9 Å². The Hall–Kier alpha value is -1.39. The van der Waals surface area contributed by atoms with Crippen LogP contribution in [-0.2, 0) is 11.3 Å². The summed E-state index contributed by atoms with van der Waals surface area (Å²) in [7, 11) is 4.42. The molecular weight excluding hydrogens is 286 g/mol. The third-order valence-corrected chi connectivity index (χ3v) is 5.07. The first kappa shape index (κ1) is 18.0. The van der Waals surface area contributed by atoms with Crippen LogP contribution in [0.1, 0.15) is 45.1 Å². The van der Waals surface area contributed by atoms with Gasteiger partial charge in [-0.25, -0.2) is 0 Å². The summed E-state index contributed by atoms with van der Waals surface area (Å²) in [6.07, 6.45) is 5.24. The number of nitrogens with one attached hydrogen (secondary N) is 2. The maximum absolute atomic E-state index is 11.0. The Kier molecular flexibility index (Phi) is 6.19. The van der Waals surface area contributed by atoms with Gasteiger partial charge in [0.05, 0.1) is 0 Å². The van der Waals surface area contributed by atoms with E-state index in [-0.39, 0.29) is 11.4 Å². The van der Waals surface area contributed by atoms with Gasteiger partial charge in [0.15, 0.2) is 0 Å². The van der Waals surface area contributed by atoms with Crippen molar-refractivity contribution < 1.29 is 4.79 Å². The van der Waals surface area contributed by atoms with Crippen LogP contribution in [0.15, 0.2) is 24.3 Å². The molecule has 0 aromatic heterocycles. The Morgan fingerprint density at radius 3 is 2.57 bits per heavy atom. The highest BCUT2D eigenvalue weighted by Gasteiger charge is 2.36. The molecule has 1 aromatic carbocycles. The molecule has 4 heteroatoms. The summed E-state index contributed by atoms with van der Waals surface area (Å²) in [6.45, 7) is 5.79. The van der Waals surface area contributed by atoms with Crippen molar-refractivity contribution in [3.63, 3.8) is 0 Å². The van der Waals surface area contributed by atoms with Gasteiger partial charge >= 0.3 is 0 Å². The van der Waals surface area contributed by atoms with E-state index in [1.165, 1.54) is 38.2 Å². The van der Waals surface area contributed by atoms with Crippen molar-refractivity contribution >= 4 is 11.6 Å². The van der Waals surface area contributed by atoms with Crippen LogP contribution in [0, 0.1) is 5.92 Å². The van der Waals surface area contributed by atoms with E-state index in [2.05, 4.69) is 48.7 Å². The van der Waals surface area contributed by atoms with Crippen LogP contribution in [0.4, 0.5) is 5.69 Å². The predicted molar refractivity (Wildman–Crippen MR) is 96.5 cm³/mol. The molecular formula is C19H31N3O. The number of nitrogens with zero attached hydrogens (tertiary/aromatic N) is 1. The molecule has 0 radical (unpaired) electrons. The first-order valence-corrected chi connectivity index (χ1v) is 8.66. The van der Waals surface area contributed by atoms with Crippen LogP contribution in [0.3, 0.4) is 0 Å². The first-order chi connectivity index (χ1) is 10.9. The van der Waals surface area contributed by atoms with Crippen LogP contribution < -0.4 is 10.6 Å². The second-order valence-electron chi connectivity index (χ2n) is 7.30. The highest BCUT2D eigenvalue weighted by molar-refractivity contribution is 5.88. The monoisotopic (exact) mass is 317 g/mol. The van der Waals surface area contributed by atoms with Crippen molar-refractivity contribution in [2.75, 3.05) is 26.0 Å². The Balaban J connectivity index is 1.88. The number of hydrogen-bond acceptors (Lipinski definition) is 3. The Morgan fingerprint density at radius 1 is 1.30 bits per heavy atom. The van der Waals surface area contributed by atoms with E-state index < -0.39 is 0 Å². The van der Waals surface area contributed by atoms with Crippen LogP contribution in [0.2, 0.25) is 0 Å². The molecule has 1 fully saturated rings. The maximum Gasteiger partial charge on any atom is 0.221 e. The van der Waals surface area contributed by atoms with Gasteiger partial charge < -0.3 is 15.5 Å². The van der Waals surface area contributed by atoms with Crippen molar-refractivity contribution in [3.8, 4) is 0 Å². The molecule has 1 aliphatic carbocycles. The van der Waals surface area contributed by atoms with Crippen LogP contribution in [-0.4, -0.2) is 37.0 Å². The van der Waals surface area contributed by atoms with E-state index in [1.807, 2.05) is 12.1 Å². The second kappa shape index (κ2) is 7.93. The summed E-state index contributed by atoms with van der Waals surface area (Å²) in [4.78, 5) is 13.5. The highest BCUT2D eigenvalue weighted by atomic mass is 16.1. The van der Waals surface area contributed by atoms with Crippen molar-refractivity contribution in [1.29, 1.82) is 0 Å². The summed E-state index contributed by atoms with van der Waals surface area (Å²) >= 11 is 0. The topological polar surface area (TPSA) is 44.4 Å². The van der Waals surface area contributed by atoms with Gasteiger partial charge in [0.1, 0.15) is 0 Å². The summed E-state index contributed by atoms with van der Waals surface area (Å²) < 4.78 is 0. The van der Waals surface area contributed by atoms with Gasteiger partial charge in [0, 0.05) is 31.2 Å². The molecule has 0 heterocycles. The number of benzene rings is 1. The zero-order valence-corrected chi connectivity index (χ0v) is 15.0. The largest absolute Gasteiger partial charge is 0.326 e. The minimum atomic E-state index is -0.0322. The van der Waals surface area contributed by atoms with E-state index in [9.17, 15) is 4.79 Å². The van der Waals surface area contributed by atoms with E-state index in [0.29, 0.717) is 0 Å². The summed E-state index contributed by atoms with van der Waals surface area (Å²) in [5.74, 6) is 0.778. The lowest BCUT2D eigenvalue weighted by Gasteiger charge is -2.45. The molecule has 0 aliphatic heterocycles. The van der Waals surface area contributed by atoms with Crippen LogP contribution in [0.25, 0.3) is 0 Å². The van der Waals surface area contributed by atoms with E-state index >= 15 is 0 Å². The number of amides is 1. The molecule has 1 saturated carbocycles. The number of hydrogen-bond donors (Lipinski definition) is 2. The third kappa shape index (κ3) is 5.05. The zero-order valence-electron chi connectivity index (χ0n) is 15.0. The first-order valence-electron chi connectivity index (χ1n) is 8.66. The van der Waals surface area contributed by atoms with Crippen LogP contribution in [0.5, 0.6) is 0 Å². The van der Waals surface area contributed by atoms with Gasteiger partial charge in [0.25, 0.3) is 0 Å². The smallest absolute Gasteiger partial charge is 0.221 e. The SMILES string of the molecule is CC(=O)Nc1ccc(CNCC2(N(C)C)CCCC(C)C2)cc1. The average molecular weight is 317 g/mol. The summed E-state index contributed by atoms with van der Waals surface area (Å²) in [5, 5.41) is 6.44. The fourth-order valence-electron chi connectivity index (χ4n) is 3.71. The molecule has 2 rings (SSSR count). The molecule has 128 valence electrons. The van der Waals surface area contributed by atoms with Crippen molar-refractivity contribution in [1.82, 2.24) is 10.2 Å². The quantitative estimate of drug-likeness (QED) is 0.846. The molecule has 1 aliphatic rings. The lowest BCUT2D eigenvalue weighted by atomic mass is 9.75. The minimum Gasteiger partial charge on any atom is -0.326 e. The Labute approximate surface area is 140 Å². The van der Waals surface area contributed by atoms with Gasteiger partial charge in [-0.2, -0.15) is 0 Å². The van der Waals surface area contributed by atoms with E-state index in [4.69, 9.17) is 0 Å². The third-order valence-electron chi connectivity index (χ3n) is 5.07. The molecule has 0 spiro atoms. The van der Waals surface area contributed by atoms with Gasteiger partial charge in [-0.05, 0) is 50.6 Å². The number of carbonyl (C=O) groups is 1. The lowest BCUT2D eigenvalue weighted by molar-refractivity contribution is -0.114. The van der Waals surface area contributed by atoms with Crippen molar-refractivity contribution in [3.05, 3.63) is 29.8 Å². The fourth-order valence-corrected chi connectivity index (χ4v) is 3.71. The molecule has 2 unspecified atom stereocenters. The van der Waals surface area contributed by atoms with E-state index in [1.54, 1.807) is 0 Å². The molecule has 0 saturated heterocycles. The van der Waals surface area contributed by atoms with Crippen molar-refractivity contribution in [2.24, 2.45) is 5.92 Å². The minimum absolute atomic E-state index is 0.0322. The average Bonchev–Trinajstić information content (AvgIpc) is 2.48. The van der Waals surface area contributed by atoms with E-state index in [0.717, 1.165) is 24.7 Å². The normalized spacial score (nSPS) is 24.7. The Bertz CT molecular complexity index is 512. The predicted octanol–water partition coefficient (Wildman–Crippen LogP) is 3.25. The molecule has 2 atom stereocenters. The Morgan fingerprint density at radius 2 is 2.00 bits per heavy atom. The number of likely N-dealkylation sites (N-methyl/N-ethyl adjacent to an activating group) is 1. The van der Waals surface area contributed by atoms with Crippen LogP contribution >= 0.6 is 0 Å². The molecule has 0 bridgehead atoms. The van der Waals surface area contributed by atoms with Gasteiger partial charge in [-0.3, -0.25) is 4.79 Å². The second-order valence-corrected chi connectivity index (χ2v) is 7.30. The molecule has 2 N–H and O–H groups in total. The number of rotatable bonds is 6. The summed E-state index contributed by atoms with van der Waals surface area (Å²) in [6, 6.07) is 8.07. The van der Waals surface area contributed by atoms with Gasteiger partial charge in [-0.15, -0.1) is 0 Å². The van der Waals surface area contributed by atoms with Crippen molar-refractivity contribution in [2.45, 2.75) is 51.6 Å². The lowest BCUT2D eigenvalue weighted by Crippen LogP contribution is -2.54. The maximum atomic E-state index is 11.0. The molecule has 4 nitrogen and oxygen atoms in total. The molecule has 23 heavy (non-hydrogen) atoms. The standard InChI is InChI=1S/C19H31N3O/c1-15-6-5-11-19(12-15,22(3)4)14-20-13-17-7-9-18(10-8-17)21-16(2)23/h7-10,15,20H,5-6,11-14H2,1-4H3,(H,21,23). The van der Waals surface area contributed by atoms with Gasteiger partial charge in [0.2, 0.25) is 5.91 Å². The highest BCUT2D eigenvalue weighted by Crippen LogP contribution is 2.35. The fraction of sp³-hybridized carbons (Fsp3) is 0.632. The number of carbonyl (C=O) groups excluding carboxylic acids is 1. The summed E-state index contributed by atoms with van der Waals surface area (Å²) in [5.41, 5.74) is 2.39.